The Balaban J connectivity index is 1.75. The summed E-state index contributed by atoms with van der Waals surface area (Å²) in [5.41, 5.74) is 3.61. The van der Waals surface area contributed by atoms with Gasteiger partial charge in [0.05, 0.1) is 19.3 Å². The number of hydrogen-bond acceptors (Lipinski definition) is 5. The van der Waals surface area contributed by atoms with E-state index in [1.165, 1.54) is 12.7 Å². The van der Waals surface area contributed by atoms with Crippen LogP contribution in [0.5, 0.6) is 17.2 Å². The first kappa shape index (κ1) is 21.7. The van der Waals surface area contributed by atoms with Crippen LogP contribution < -0.4 is 9.47 Å². The van der Waals surface area contributed by atoms with Crippen molar-refractivity contribution in [3.05, 3.63) is 52.4 Å². The van der Waals surface area contributed by atoms with Gasteiger partial charge < -0.3 is 19.7 Å². The molecule has 1 unspecified atom stereocenters. The van der Waals surface area contributed by atoms with Crippen molar-refractivity contribution in [2.45, 2.75) is 51.9 Å². The van der Waals surface area contributed by atoms with Crippen LogP contribution in [0.2, 0.25) is 0 Å². The second-order valence-corrected chi connectivity index (χ2v) is 7.73. The Morgan fingerprint density at radius 3 is 2.87 bits per heavy atom. The van der Waals surface area contributed by atoms with E-state index in [1.807, 2.05) is 19.2 Å². The molecular weight excluding hydrogens is 382 g/mol. The molecule has 1 atom stereocenters. The first-order chi connectivity index (χ1) is 14.4. The van der Waals surface area contributed by atoms with E-state index in [0.29, 0.717) is 36.7 Å². The van der Waals surface area contributed by atoms with Crippen LogP contribution in [0.4, 0.5) is 0 Å². The van der Waals surface area contributed by atoms with Crippen LogP contribution in [0.1, 0.15) is 60.8 Å². The SMILES string of the molecule is COc1c(O)c(C)c2c(c1/C=C(\CCCCC(C)c1cccnc1)C(=O)O)OCC2. The lowest BCUT2D eigenvalue weighted by molar-refractivity contribution is -0.132. The normalized spacial score (nSPS) is 14.2. The maximum Gasteiger partial charge on any atom is 0.331 e. The van der Waals surface area contributed by atoms with Crippen LogP contribution in [0, 0.1) is 6.92 Å². The monoisotopic (exact) mass is 411 g/mol. The number of aromatic nitrogens is 1. The number of methoxy groups -OCH3 is 1. The van der Waals surface area contributed by atoms with E-state index in [1.54, 1.807) is 12.3 Å². The number of aromatic hydroxyl groups is 1. The van der Waals surface area contributed by atoms with Crippen molar-refractivity contribution in [3.63, 3.8) is 0 Å². The van der Waals surface area contributed by atoms with Gasteiger partial charge in [0.25, 0.3) is 0 Å². The molecule has 2 aromatic rings. The maximum absolute atomic E-state index is 11.9. The summed E-state index contributed by atoms with van der Waals surface area (Å²) in [6.45, 7) is 4.49. The van der Waals surface area contributed by atoms with Crippen molar-refractivity contribution in [2.75, 3.05) is 13.7 Å². The molecule has 6 heteroatoms. The third kappa shape index (κ3) is 4.58. The van der Waals surface area contributed by atoms with Gasteiger partial charge in [0.1, 0.15) is 5.75 Å². The average molecular weight is 411 g/mol. The van der Waals surface area contributed by atoms with E-state index in [2.05, 4.69) is 18.0 Å². The number of aliphatic carboxylic acids is 1. The Labute approximate surface area is 177 Å². The lowest BCUT2D eigenvalue weighted by atomic mass is 9.94. The van der Waals surface area contributed by atoms with Crippen LogP contribution in [0.3, 0.4) is 0 Å². The molecule has 0 aliphatic carbocycles. The molecule has 0 saturated carbocycles. The Bertz CT molecular complexity index is 933. The van der Waals surface area contributed by atoms with Gasteiger partial charge in [-0.25, -0.2) is 4.79 Å². The molecule has 0 radical (unpaired) electrons. The lowest BCUT2D eigenvalue weighted by Crippen LogP contribution is -2.03. The second kappa shape index (κ2) is 9.65. The molecule has 6 nitrogen and oxygen atoms in total. The van der Waals surface area contributed by atoms with E-state index < -0.39 is 5.97 Å². The van der Waals surface area contributed by atoms with Gasteiger partial charge in [-0.15, -0.1) is 0 Å². The Kier molecular flexibility index (Phi) is 6.98. The van der Waals surface area contributed by atoms with Crippen LogP contribution >= 0.6 is 0 Å². The predicted octanol–water partition coefficient (Wildman–Crippen LogP) is 4.87. The molecule has 0 saturated heterocycles. The van der Waals surface area contributed by atoms with Gasteiger partial charge in [-0.05, 0) is 49.8 Å². The summed E-state index contributed by atoms with van der Waals surface area (Å²) in [6, 6.07) is 4.00. The number of fused-ring (bicyclic) bond motifs is 1. The second-order valence-electron chi connectivity index (χ2n) is 7.73. The number of unbranched alkanes of at least 4 members (excludes halogenated alkanes) is 1. The van der Waals surface area contributed by atoms with Crippen molar-refractivity contribution in [3.8, 4) is 17.2 Å². The smallest absolute Gasteiger partial charge is 0.331 e. The largest absolute Gasteiger partial charge is 0.504 e. The summed E-state index contributed by atoms with van der Waals surface area (Å²) >= 11 is 0. The van der Waals surface area contributed by atoms with Crippen LogP contribution in [0.25, 0.3) is 6.08 Å². The van der Waals surface area contributed by atoms with E-state index in [4.69, 9.17) is 9.47 Å². The van der Waals surface area contributed by atoms with Crippen LogP contribution in [-0.2, 0) is 11.2 Å². The Hall–Kier alpha value is -3.02. The zero-order chi connectivity index (χ0) is 21.7. The fraction of sp³-hybridized carbons (Fsp3) is 0.417. The summed E-state index contributed by atoms with van der Waals surface area (Å²) < 4.78 is 11.2. The van der Waals surface area contributed by atoms with E-state index in [9.17, 15) is 15.0 Å². The maximum atomic E-state index is 11.9. The number of nitrogens with zero attached hydrogens (tertiary/aromatic N) is 1. The molecule has 2 N–H and O–H groups in total. The zero-order valence-electron chi connectivity index (χ0n) is 17.8. The number of ether oxygens (including phenoxy) is 2. The van der Waals surface area contributed by atoms with Crippen molar-refractivity contribution >= 4 is 12.0 Å². The molecule has 1 aliphatic rings. The molecule has 2 heterocycles. The first-order valence-electron chi connectivity index (χ1n) is 10.3. The fourth-order valence-electron chi connectivity index (χ4n) is 3.95. The van der Waals surface area contributed by atoms with E-state index >= 15 is 0 Å². The van der Waals surface area contributed by atoms with Crippen molar-refractivity contribution < 1.29 is 24.5 Å². The molecule has 1 aromatic carbocycles. The lowest BCUT2D eigenvalue weighted by Gasteiger charge is -2.16. The van der Waals surface area contributed by atoms with Gasteiger partial charge in [-0.1, -0.05) is 19.4 Å². The summed E-state index contributed by atoms with van der Waals surface area (Å²) in [6.07, 6.45) is 8.98. The van der Waals surface area contributed by atoms with Crippen LogP contribution in [-0.4, -0.2) is 34.9 Å². The minimum Gasteiger partial charge on any atom is -0.504 e. The summed E-state index contributed by atoms with van der Waals surface area (Å²) in [4.78, 5) is 16.0. The molecule has 3 rings (SSSR count). The standard InChI is InChI=1S/C24H29NO5/c1-15(18-9-6-11-25-14-18)7-4-5-8-17(24(27)28)13-20-22-19(10-12-30-22)16(2)21(26)23(20)29-3/h6,9,11,13-15,26H,4-5,7-8,10,12H2,1-3H3,(H,27,28)/b17-13+. The average Bonchev–Trinajstić information content (AvgIpc) is 3.24. The Morgan fingerprint density at radius 2 is 2.20 bits per heavy atom. The number of carboxylic acids is 1. The minimum absolute atomic E-state index is 0.0445. The number of carboxylic acid groups (broad SMARTS) is 1. The van der Waals surface area contributed by atoms with Crippen LogP contribution in [0.15, 0.2) is 30.1 Å². The van der Waals surface area contributed by atoms with Gasteiger partial charge in [0.2, 0.25) is 0 Å². The summed E-state index contributed by atoms with van der Waals surface area (Å²) in [7, 11) is 1.47. The molecule has 160 valence electrons. The molecule has 30 heavy (non-hydrogen) atoms. The minimum atomic E-state index is -0.968. The summed E-state index contributed by atoms with van der Waals surface area (Å²) in [5, 5.41) is 20.3. The highest BCUT2D eigenvalue weighted by atomic mass is 16.5. The zero-order valence-corrected chi connectivity index (χ0v) is 17.8. The van der Waals surface area contributed by atoms with Gasteiger partial charge in [0, 0.05) is 35.5 Å². The number of pyridine rings is 1. The number of phenols is 1. The quantitative estimate of drug-likeness (QED) is 0.452. The van der Waals surface area contributed by atoms with Gasteiger partial charge in [-0.2, -0.15) is 0 Å². The van der Waals surface area contributed by atoms with Gasteiger partial charge >= 0.3 is 5.97 Å². The van der Waals surface area contributed by atoms with E-state index in [-0.39, 0.29) is 17.1 Å². The number of rotatable bonds is 9. The Morgan fingerprint density at radius 1 is 1.40 bits per heavy atom. The highest BCUT2D eigenvalue weighted by Crippen LogP contribution is 2.46. The summed E-state index contributed by atoms with van der Waals surface area (Å²) in [5.74, 6) is 0.331. The number of benzene rings is 1. The number of carbonyl (C=O) groups is 1. The van der Waals surface area contributed by atoms with Crippen molar-refractivity contribution in [2.24, 2.45) is 0 Å². The van der Waals surface area contributed by atoms with Crippen molar-refractivity contribution in [1.82, 2.24) is 4.98 Å². The van der Waals surface area contributed by atoms with Gasteiger partial charge in [-0.3, -0.25) is 4.98 Å². The molecular formula is C24H29NO5. The third-order valence-corrected chi connectivity index (χ3v) is 5.77. The predicted molar refractivity (Wildman–Crippen MR) is 115 cm³/mol. The topological polar surface area (TPSA) is 88.9 Å². The highest BCUT2D eigenvalue weighted by Gasteiger charge is 2.26. The van der Waals surface area contributed by atoms with Gasteiger partial charge in [0.15, 0.2) is 11.5 Å². The first-order valence-corrected chi connectivity index (χ1v) is 10.3. The molecule has 1 aromatic heterocycles. The van der Waals surface area contributed by atoms with Crippen molar-refractivity contribution in [1.29, 1.82) is 0 Å². The molecule has 0 amide bonds. The molecule has 0 spiro atoms. The molecule has 0 bridgehead atoms. The highest BCUT2D eigenvalue weighted by molar-refractivity contribution is 5.94. The molecule has 1 aliphatic heterocycles. The third-order valence-electron chi connectivity index (χ3n) is 5.77. The van der Waals surface area contributed by atoms with E-state index in [0.717, 1.165) is 30.4 Å². The number of phenolic OH excluding ortho intramolecular Hbond substituents is 1. The fourth-order valence-corrected chi connectivity index (χ4v) is 3.95. The molecule has 0 fully saturated rings. The number of hydrogen-bond donors (Lipinski definition) is 2.